The molecule has 2 heterocycles. The first kappa shape index (κ1) is 27.2. The third kappa shape index (κ3) is 5.81. The summed E-state index contributed by atoms with van der Waals surface area (Å²) in [6, 6.07) is 9.54. The van der Waals surface area contributed by atoms with Gasteiger partial charge < -0.3 is 15.3 Å². The predicted octanol–water partition coefficient (Wildman–Crippen LogP) is 5.32. The molecule has 11 heteroatoms. The number of anilines is 1. The van der Waals surface area contributed by atoms with Gasteiger partial charge in [-0.1, -0.05) is 18.2 Å². The Labute approximate surface area is 217 Å². The zero-order chi connectivity index (χ0) is 27.6. The average molecular weight is 533 g/mol. The summed E-state index contributed by atoms with van der Waals surface area (Å²) in [5, 5.41) is 16.5. The summed E-state index contributed by atoms with van der Waals surface area (Å²) in [7, 11) is 0. The van der Waals surface area contributed by atoms with Crippen molar-refractivity contribution in [1.82, 2.24) is 15.1 Å². The number of carboxylic acid groups (broad SMARTS) is 1. The monoisotopic (exact) mass is 532 g/mol. The van der Waals surface area contributed by atoms with Gasteiger partial charge in [0.15, 0.2) is 0 Å². The van der Waals surface area contributed by atoms with Crippen molar-refractivity contribution in [2.45, 2.75) is 52.0 Å². The van der Waals surface area contributed by atoms with E-state index in [1.54, 1.807) is 36.7 Å². The number of rotatable bonds is 9. The minimum Gasteiger partial charge on any atom is -0.478 e. The maximum absolute atomic E-state index is 13.5. The summed E-state index contributed by atoms with van der Waals surface area (Å²) in [5.41, 5.74) is 1.72. The second-order valence-corrected chi connectivity index (χ2v) is 9.38. The number of nitrogens with one attached hydrogen (secondary N) is 1. The smallest absolute Gasteiger partial charge is 0.416 e. The van der Waals surface area contributed by atoms with Crippen LogP contribution in [0.2, 0.25) is 0 Å². The molecule has 4 rings (SSSR count). The summed E-state index contributed by atoms with van der Waals surface area (Å²) in [6.45, 7) is 3.92. The van der Waals surface area contributed by atoms with E-state index in [1.807, 2.05) is 4.90 Å². The van der Waals surface area contributed by atoms with E-state index in [4.69, 9.17) is 5.11 Å². The number of nitrogens with zero attached hydrogens (tertiary/aromatic N) is 3. The van der Waals surface area contributed by atoms with Gasteiger partial charge >= 0.3 is 12.1 Å². The molecule has 7 nitrogen and oxygen atoms in total. The number of carbonyl (C=O) groups is 2. The van der Waals surface area contributed by atoms with E-state index >= 15 is 0 Å². The van der Waals surface area contributed by atoms with Crippen molar-refractivity contribution >= 4 is 17.7 Å². The Balaban J connectivity index is 1.58. The molecule has 1 aliphatic heterocycles. The van der Waals surface area contributed by atoms with Crippen LogP contribution in [0, 0.1) is 6.92 Å². The Morgan fingerprint density at radius 2 is 1.79 bits per heavy atom. The minimum atomic E-state index is -4.53. The lowest BCUT2D eigenvalue weighted by Crippen LogP contribution is -2.29. The normalized spacial score (nSPS) is 13.9. The second-order valence-electron chi connectivity index (χ2n) is 9.38. The Morgan fingerprint density at radius 1 is 1.11 bits per heavy atom. The molecular formula is C27H28F4N4O3. The van der Waals surface area contributed by atoms with Crippen molar-refractivity contribution in [3.05, 3.63) is 81.5 Å². The van der Waals surface area contributed by atoms with Gasteiger partial charge in [-0.2, -0.15) is 18.3 Å². The largest absolute Gasteiger partial charge is 0.478 e. The summed E-state index contributed by atoms with van der Waals surface area (Å²) < 4.78 is 55.0. The van der Waals surface area contributed by atoms with Crippen LogP contribution in [-0.2, 0) is 25.7 Å². The maximum Gasteiger partial charge on any atom is 0.416 e. The number of carbonyl (C=O) groups excluding carboxylic acids is 1. The summed E-state index contributed by atoms with van der Waals surface area (Å²) in [6.07, 6.45) is -4.20. The number of hydrogen-bond donors (Lipinski definition) is 2. The van der Waals surface area contributed by atoms with Crippen LogP contribution >= 0.6 is 0 Å². The molecule has 0 unspecified atom stereocenters. The molecule has 38 heavy (non-hydrogen) atoms. The number of fused-ring (bicyclic) bond motifs is 1. The highest BCUT2D eigenvalue weighted by Crippen LogP contribution is 2.34. The molecule has 0 saturated carbocycles. The van der Waals surface area contributed by atoms with E-state index in [-0.39, 0.29) is 24.9 Å². The van der Waals surface area contributed by atoms with Gasteiger partial charge in [-0.15, -0.1) is 0 Å². The fourth-order valence-electron chi connectivity index (χ4n) is 4.71. The Bertz CT molecular complexity index is 1340. The molecule has 3 aromatic rings. The molecule has 0 spiro atoms. The topological polar surface area (TPSA) is 87.5 Å². The molecular weight excluding hydrogens is 504 g/mol. The molecule has 0 fully saturated rings. The standard InChI is InChI=1S/C27H28F4N4O3/c1-16(20-5-7-21(8-6-20)26(37)38)32-24(36)23-17(2)33-35-11-10-34(25(23)35)15-19-12-18(4-3-9-28)13-22(14-19)27(29,30)31/h5-8,12-14,16H,3-4,9-11,15H2,1-2H3,(H,32,36)(H,37,38)/t16-/m0/s1. The third-order valence-corrected chi connectivity index (χ3v) is 6.57. The first-order valence-corrected chi connectivity index (χ1v) is 12.2. The molecule has 1 aromatic heterocycles. The number of hydrogen-bond acceptors (Lipinski definition) is 4. The number of amides is 1. The predicted molar refractivity (Wildman–Crippen MR) is 133 cm³/mol. The summed E-state index contributed by atoms with van der Waals surface area (Å²) in [4.78, 5) is 26.3. The van der Waals surface area contributed by atoms with Gasteiger partial charge in [0, 0.05) is 13.1 Å². The number of aromatic carboxylic acids is 1. The zero-order valence-electron chi connectivity index (χ0n) is 21.0. The lowest BCUT2D eigenvalue weighted by atomic mass is 10.0. The molecule has 0 bridgehead atoms. The summed E-state index contributed by atoms with van der Waals surface area (Å²) in [5.74, 6) is -0.913. The molecule has 202 valence electrons. The number of benzene rings is 2. The number of alkyl halides is 4. The quantitative estimate of drug-likeness (QED) is 0.364. The molecule has 1 aliphatic rings. The van der Waals surface area contributed by atoms with Crippen LogP contribution in [0.4, 0.5) is 23.4 Å². The SMILES string of the molecule is Cc1nn2c(c1C(=O)N[C@@H](C)c1ccc(C(=O)O)cc1)N(Cc1cc(CCCF)cc(C(F)(F)F)c1)CC2. The number of carboxylic acids is 1. The van der Waals surface area contributed by atoms with Gasteiger partial charge in [0.05, 0.1) is 36.1 Å². The van der Waals surface area contributed by atoms with E-state index < -0.39 is 36.3 Å². The van der Waals surface area contributed by atoms with Gasteiger partial charge in [-0.3, -0.25) is 9.18 Å². The first-order chi connectivity index (χ1) is 18.0. The molecule has 0 radical (unpaired) electrons. The fraction of sp³-hybridized carbons (Fsp3) is 0.370. The number of aromatic nitrogens is 2. The van der Waals surface area contributed by atoms with Crippen molar-refractivity contribution in [1.29, 1.82) is 0 Å². The van der Waals surface area contributed by atoms with E-state index in [0.29, 0.717) is 46.9 Å². The van der Waals surface area contributed by atoms with E-state index in [9.17, 15) is 27.2 Å². The van der Waals surface area contributed by atoms with Gasteiger partial charge in [-0.25, -0.2) is 9.48 Å². The molecule has 1 amide bonds. The van der Waals surface area contributed by atoms with Crippen LogP contribution in [0.5, 0.6) is 0 Å². The number of halogens is 4. The highest BCUT2D eigenvalue weighted by Gasteiger charge is 2.33. The number of aryl methyl sites for hydroxylation is 2. The van der Waals surface area contributed by atoms with Crippen molar-refractivity contribution in [3.8, 4) is 0 Å². The molecule has 2 N–H and O–H groups in total. The first-order valence-electron chi connectivity index (χ1n) is 12.2. The van der Waals surface area contributed by atoms with Crippen LogP contribution in [0.1, 0.15) is 68.1 Å². The average Bonchev–Trinajstić information content (AvgIpc) is 3.39. The van der Waals surface area contributed by atoms with Crippen LogP contribution < -0.4 is 10.2 Å². The van der Waals surface area contributed by atoms with Crippen LogP contribution in [0.3, 0.4) is 0 Å². The van der Waals surface area contributed by atoms with Crippen molar-refractivity contribution in [2.24, 2.45) is 0 Å². The molecule has 1 atom stereocenters. The third-order valence-electron chi connectivity index (χ3n) is 6.57. The van der Waals surface area contributed by atoms with E-state index in [2.05, 4.69) is 10.4 Å². The van der Waals surface area contributed by atoms with Crippen molar-refractivity contribution in [2.75, 3.05) is 18.1 Å². The second kappa shape index (κ2) is 10.8. The van der Waals surface area contributed by atoms with Gasteiger partial charge in [-0.05, 0) is 67.6 Å². The van der Waals surface area contributed by atoms with Crippen molar-refractivity contribution in [3.63, 3.8) is 0 Å². The van der Waals surface area contributed by atoms with Crippen LogP contribution in [-0.4, -0.2) is 40.0 Å². The van der Waals surface area contributed by atoms with Crippen molar-refractivity contribution < 1.29 is 32.3 Å². The minimum absolute atomic E-state index is 0.129. The van der Waals surface area contributed by atoms with E-state index in [1.165, 1.54) is 12.1 Å². The lowest BCUT2D eigenvalue weighted by molar-refractivity contribution is -0.137. The van der Waals surface area contributed by atoms with Crippen LogP contribution in [0.25, 0.3) is 0 Å². The maximum atomic E-state index is 13.5. The van der Waals surface area contributed by atoms with Gasteiger partial charge in [0.25, 0.3) is 5.91 Å². The van der Waals surface area contributed by atoms with E-state index in [0.717, 1.165) is 12.1 Å². The molecule has 0 aliphatic carbocycles. The summed E-state index contributed by atoms with van der Waals surface area (Å²) >= 11 is 0. The molecule has 0 saturated heterocycles. The molecule has 2 aromatic carbocycles. The Kier molecular flexibility index (Phi) is 7.75. The lowest BCUT2D eigenvalue weighted by Gasteiger charge is -2.21. The van der Waals surface area contributed by atoms with Gasteiger partial charge in [0.2, 0.25) is 0 Å². The Morgan fingerprint density at radius 3 is 2.42 bits per heavy atom. The Hall–Kier alpha value is -3.89. The zero-order valence-corrected chi connectivity index (χ0v) is 21.0. The highest BCUT2D eigenvalue weighted by atomic mass is 19.4. The highest BCUT2D eigenvalue weighted by molar-refractivity contribution is 6.00. The van der Waals surface area contributed by atoms with Crippen LogP contribution in [0.15, 0.2) is 42.5 Å². The van der Waals surface area contributed by atoms with Gasteiger partial charge in [0.1, 0.15) is 11.4 Å². The fourth-order valence-corrected chi connectivity index (χ4v) is 4.71.